The third-order valence-corrected chi connectivity index (χ3v) is 2.35. The molecule has 0 bridgehead atoms. The number of aliphatic hydroxyl groups is 1. The van der Waals surface area contributed by atoms with Crippen LogP contribution >= 0.6 is 0 Å². The zero-order chi connectivity index (χ0) is 12.7. The molecule has 0 spiro atoms. The summed E-state index contributed by atoms with van der Waals surface area (Å²) >= 11 is 0. The fraction of sp³-hybridized carbons (Fsp3) is 0.417. The van der Waals surface area contributed by atoms with Crippen molar-refractivity contribution in [2.75, 3.05) is 13.2 Å². The van der Waals surface area contributed by atoms with Crippen LogP contribution in [0.2, 0.25) is 0 Å². The molecule has 0 fully saturated rings. The third-order valence-electron chi connectivity index (χ3n) is 2.35. The van der Waals surface area contributed by atoms with Gasteiger partial charge in [0.2, 0.25) is 0 Å². The highest BCUT2D eigenvalue weighted by atomic mass is 16.3. The number of aromatic hydroxyl groups is 2. The van der Waals surface area contributed by atoms with Crippen molar-refractivity contribution in [3.8, 4) is 11.5 Å². The normalized spacial score (nSPS) is 10.2. The molecule has 0 unspecified atom stereocenters. The van der Waals surface area contributed by atoms with Gasteiger partial charge in [-0.3, -0.25) is 4.79 Å². The summed E-state index contributed by atoms with van der Waals surface area (Å²) in [6.45, 7) is 0.659. The Morgan fingerprint density at radius 1 is 1.18 bits per heavy atom. The summed E-state index contributed by atoms with van der Waals surface area (Å²) in [5.41, 5.74) is 0.143. The number of hydrogen-bond acceptors (Lipinski definition) is 4. The maximum atomic E-state index is 11.6. The number of rotatable bonds is 6. The molecule has 17 heavy (non-hydrogen) atoms. The van der Waals surface area contributed by atoms with Crippen LogP contribution in [0, 0.1) is 0 Å². The second kappa shape index (κ2) is 6.75. The van der Waals surface area contributed by atoms with E-state index >= 15 is 0 Å². The van der Waals surface area contributed by atoms with Gasteiger partial charge in [-0.1, -0.05) is 0 Å². The molecule has 0 aliphatic heterocycles. The quantitative estimate of drug-likeness (QED) is 0.557. The number of aliphatic hydroxyl groups excluding tert-OH is 1. The standard InChI is InChI=1S/C12H17NO4/c14-7-3-1-2-6-13-12(17)10-5-4-9(15)8-11(10)16/h4-5,8,14-16H,1-3,6-7H2,(H,13,17). The fourth-order valence-corrected chi connectivity index (χ4v) is 1.42. The molecule has 5 heteroatoms. The minimum Gasteiger partial charge on any atom is -0.508 e. The highest BCUT2D eigenvalue weighted by Gasteiger charge is 2.10. The van der Waals surface area contributed by atoms with Gasteiger partial charge in [-0.05, 0) is 31.4 Å². The first-order valence-corrected chi connectivity index (χ1v) is 5.56. The summed E-state index contributed by atoms with van der Waals surface area (Å²) in [7, 11) is 0. The number of phenolic OH excluding ortho intramolecular Hbond substituents is 2. The molecule has 0 saturated heterocycles. The van der Waals surface area contributed by atoms with Crippen molar-refractivity contribution in [2.45, 2.75) is 19.3 Å². The molecule has 0 saturated carbocycles. The molecule has 0 radical (unpaired) electrons. The van der Waals surface area contributed by atoms with Gasteiger partial charge < -0.3 is 20.6 Å². The van der Waals surface area contributed by atoms with Gasteiger partial charge in [0, 0.05) is 19.2 Å². The van der Waals surface area contributed by atoms with Crippen LogP contribution < -0.4 is 5.32 Å². The number of carbonyl (C=O) groups is 1. The predicted molar refractivity (Wildman–Crippen MR) is 63.0 cm³/mol. The second-order valence-electron chi connectivity index (χ2n) is 3.74. The third kappa shape index (κ3) is 4.32. The lowest BCUT2D eigenvalue weighted by Crippen LogP contribution is -2.24. The van der Waals surface area contributed by atoms with Gasteiger partial charge in [0.1, 0.15) is 11.5 Å². The summed E-state index contributed by atoms with van der Waals surface area (Å²) in [6.07, 6.45) is 2.35. The fourth-order valence-electron chi connectivity index (χ4n) is 1.42. The Balaban J connectivity index is 2.42. The molecule has 0 atom stereocenters. The van der Waals surface area contributed by atoms with E-state index in [1.165, 1.54) is 12.1 Å². The van der Waals surface area contributed by atoms with Crippen LogP contribution in [0.4, 0.5) is 0 Å². The Bertz CT molecular complexity index is 379. The highest BCUT2D eigenvalue weighted by molar-refractivity contribution is 5.96. The first kappa shape index (κ1) is 13.3. The van der Waals surface area contributed by atoms with Crippen LogP contribution in [-0.4, -0.2) is 34.4 Å². The number of nitrogens with one attached hydrogen (secondary N) is 1. The minimum absolute atomic E-state index is 0.0815. The number of unbranched alkanes of at least 4 members (excludes halogenated alkanes) is 2. The number of carbonyl (C=O) groups excluding carboxylic acids is 1. The molecular weight excluding hydrogens is 222 g/mol. The van der Waals surface area contributed by atoms with Crippen molar-refractivity contribution in [1.29, 1.82) is 0 Å². The Labute approximate surface area is 99.7 Å². The van der Waals surface area contributed by atoms with Crippen molar-refractivity contribution < 1.29 is 20.1 Å². The van der Waals surface area contributed by atoms with E-state index in [-0.39, 0.29) is 29.6 Å². The second-order valence-corrected chi connectivity index (χ2v) is 3.74. The lowest BCUT2D eigenvalue weighted by Gasteiger charge is -2.06. The van der Waals surface area contributed by atoms with Crippen LogP contribution in [0.3, 0.4) is 0 Å². The van der Waals surface area contributed by atoms with E-state index in [1.54, 1.807) is 0 Å². The summed E-state index contributed by atoms with van der Waals surface area (Å²) in [6, 6.07) is 3.84. The molecule has 94 valence electrons. The van der Waals surface area contributed by atoms with E-state index in [9.17, 15) is 9.90 Å². The van der Waals surface area contributed by atoms with Crippen molar-refractivity contribution >= 4 is 5.91 Å². The monoisotopic (exact) mass is 239 g/mol. The van der Waals surface area contributed by atoms with Gasteiger partial charge in [-0.2, -0.15) is 0 Å². The predicted octanol–water partition coefficient (Wildman–Crippen LogP) is 0.990. The van der Waals surface area contributed by atoms with Gasteiger partial charge in [-0.15, -0.1) is 0 Å². The molecule has 5 nitrogen and oxygen atoms in total. The van der Waals surface area contributed by atoms with Crippen LogP contribution in [0.25, 0.3) is 0 Å². The summed E-state index contributed by atoms with van der Waals surface area (Å²) in [5.74, 6) is -0.689. The van der Waals surface area contributed by atoms with Crippen molar-refractivity contribution in [1.82, 2.24) is 5.32 Å². The first-order chi connectivity index (χ1) is 8.15. The van der Waals surface area contributed by atoms with Crippen LogP contribution in [0.1, 0.15) is 29.6 Å². The number of amides is 1. The number of hydrogen-bond donors (Lipinski definition) is 4. The van der Waals surface area contributed by atoms with Gasteiger partial charge in [0.05, 0.1) is 5.56 Å². The van der Waals surface area contributed by atoms with Crippen molar-refractivity contribution in [3.63, 3.8) is 0 Å². The molecule has 0 aromatic heterocycles. The van der Waals surface area contributed by atoms with E-state index < -0.39 is 0 Å². The molecule has 0 heterocycles. The van der Waals surface area contributed by atoms with E-state index in [4.69, 9.17) is 10.2 Å². The minimum atomic E-state index is -0.369. The molecule has 1 aromatic rings. The van der Waals surface area contributed by atoms with Crippen LogP contribution in [-0.2, 0) is 0 Å². The lowest BCUT2D eigenvalue weighted by atomic mass is 10.1. The van der Waals surface area contributed by atoms with Gasteiger partial charge in [0.25, 0.3) is 5.91 Å². The smallest absolute Gasteiger partial charge is 0.255 e. The summed E-state index contributed by atoms with van der Waals surface area (Å²) < 4.78 is 0. The molecule has 1 aromatic carbocycles. The Morgan fingerprint density at radius 2 is 1.94 bits per heavy atom. The van der Waals surface area contributed by atoms with Gasteiger partial charge >= 0.3 is 0 Å². The van der Waals surface area contributed by atoms with Gasteiger partial charge in [-0.25, -0.2) is 0 Å². The SMILES string of the molecule is O=C(NCCCCCO)c1ccc(O)cc1O. The van der Waals surface area contributed by atoms with E-state index in [0.717, 1.165) is 25.3 Å². The highest BCUT2D eigenvalue weighted by Crippen LogP contribution is 2.22. The topological polar surface area (TPSA) is 89.8 Å². The van der Waals surface area contributed by atoms with Crippen LogP contribution in [0.5, 0.6) is 11.5 Å². The molecular formula is C12H17NO4. The summed E-state index contributed by atoms with van der Waals surface area (Å²) in [5, 5.41) is 29.8. The Morgan fingerprint density at radius 3 is 2.59 bits per heavy atom. The average Bonchev–Trinajstić information content (AvgIpc) is 2.28. The Kier molecular flexibility index (Phi) is 5.29. The van der Waals surface area contributed by atoms with E-state index in [1.807, 2.05) is 0 Å². The van der Waals surface area contributed by atoms with E-state index in [2.05, 4.69) is 5.32 Å². The zero-order valence-corrected chi connectivity index (χ0v) is 9.52. The maximum Gasteiger partial charge on any atom is 0.255 e. The van der Waals surface area contributed by atoms with E-state index in [0.29, 0.717) is 6.54 Å². The molecule has 1 rings (SSSR count). The van der Waals surface area contributed by atoms with Crippen LogP contribution in [0.15, 0.2) is 18.2 Å². The van der Waals surface area contributed by atoms with Crippen molar-refractivity contribution in [2.24, 2.45) is 0 Å². The van der Waals surface area contributed by atoms with Crippen molar-refractivity contribution in [3.05, 3.63) is 23.8 Å². The molecule has 0 aliphatic carbocycles. The average molecular weight is 239 g/mol. The Hall–Kier alpha value is -1.75. The number of benzene rings is 1. The first-order valence-electron chi connectivity index (χ1n) is 5.56. The van der Waals surface area contributed by atoms with Gasteiger partial charge in [0.15, 0.2) is 0 Å². The molecule has 1 amide bonds. The molecule has 0 aliphatic rings. The largest absolute Gasteiger partial charge is 0.508 e. The molecule has 4 N–H and O–H groups in total. The zero-order valence-electron chi connectivity index (χ0n) is 9.52. The number of phenols is 2. The summed E-state index contributed by atoms with van der Waals surface area (Å²) in [4.78, 5) is 11.6. The lowest BCUT2D eigenvalue weighted by molar-refractivity contribution is 0.0950. The maximum absolute atomic E-state index is 11.6.